The van der Waals surface area contributed by atoms with Gasteiger partial charge in [-0.1, -0.05) is 458 Å². The van der Waals surface area contributed by atoms with Gasteiger partial charge in [-0.3, -0.25) is 0 Å². The van der Waals surface area contributed by atoms with Gasteiger partial charge in [0.25, 0.3) is 0 Å². The molecular weight excluding hydrogens is 1810 g/mol. The molecule has 5 aliphatic carbocycles. The van der Waals surface area contributed by atoms with Crippen LogP contribution in [-0.2, 0) is 0 Å². The van der Waals surface area contributed by atoms with Crippen molar-refractivity contribution in [3.8, 4) is 55.6 Å². The van der Waals surface area contributed by atoms with Crippen molar-refractivity contribution in [1.29, 1.82) is 0 Å². The summed E-state index contributed by atoms with van der Waals surface area (Å²) in [6, 6.07) is 130. The number of para-hydroxylation sites is 7. The second-order valence-corrected chi connectivity index (χ2v) is 40.0. The fourth-order valence-corrected chi connectivity index (χ4v) is 26.0. The minimum atomic E-state index is 0.417. The van der Waals surface area contributed by atoms with Crippen LogP contribution in [0.5, 0.6) is 0 Å². The van der Waals surface area contributed by atoms with E-state index in [4.69, 9.17) is 0 Å². The van der Waals surface area contributed by atoms with Gasteiger partial charge in [0, 0.05) is 176 Å². The van der Waals surface area contributed by atoms with Crippen LogP contribution in [0, 0.1) is 0 Å². The molecule has 28 rings (SSSR count). The molecule has 0 N–H and O–H groups in total. The Hall–Kier alpha value is -14.5. The highest BCUT2D eigenvalue weighted by Crippen LogP contribution is 2.62. The Bertz CT molecular complexity index is 7210. The summed E-state index contributed by atoms with van der Waals surface area (Å²) in [5, 5.41) is 0. The zero-order valence-electron chi connectivity index (χ0n) is 95.5. The second-order valence-electron chi connectivity index (χ2n) is 40.0. The third-order valence-corrected chi connectivity index (χ3v) is 33.4. The van der Waals surface area contributed by atoms with Crippen LogP contribution in [0.25, 0.3) is 55.6 Å². The molecule has 10 unspecified atom stereocenters. The van der Waals surface area contributed by atoms with Crippen LogP contribution in [0.3, 0.4) is 0 Å². The molecule has 150 heavy (non-hydrogen) atoms. The number of hydrogen-bond donors (Lipinski definition) is 0. The van der Waals surface area contributed by atoms with Crippen molar-refractivity contribution in [2.24, 2.45) is 0 Å². The standard InChI is InChI=1S/5C23H21N.C15H15N.7C2H6/c1-14-16-8-4-5-10-18(16)21-12-20-15(2)17-9-6-7-11-22(17)24(3)23(20)13-19(14)21;1-14-16-8-4-5-10-18(16)21-13-23-20(12-19(14)21)15(2)17-9-6-7-11-22(17)24(23)3;1-14-17-9-6-7-11-21(17)24(3)23-18(14)12-13-20-19-10-5-4-8-16(19)15(2)22(20)23;1-14-16-8-4-5-10-20(16)22-18(14)12-13-19-15(2)17-9-6-7-11-21(17)24(3)23(19)22;1-14-16-8-4-5-10-19(16)23-18(14)12-13-21-22(23)15(2)17-9-6-7-11-20(17)24(21)3;1-11-12-7-3-5-9-14(12)16(2)15-10-6-4-8-13(11)15;7*1-2/h5*4-15H,1-3H3;3-11H,1-2H3;7*1-2H3. The highest BCUT2D eigenvalue weighted by atomic mass is 15.2. The highest BCUT2D eigenvalue weighted by molar-refractivity contribution is 5.97. The quantitative estimate of drug-likeness (QED) is 0.150. The molecule has 6 heteroatoms. The predicted octanol–water partition coefficient (Wildman–Crippen LogP) is 41.4. The molecule has 17 aromatic rings. The normalized spacial score (nSPS) is 18.0. The third-order valence-electron chi connectivity index (χ3n) is 33.4. The number of benzene rings is 17. The van der Waals surface area contributed by atoms with Gasteiger partial charge in [-0.05, 0) is 239 Å². The van der Waals surface area contributed by atoms with Crippen LogP contribution in [0.15, 0.2) is 352 Å². The average molecular weight is 1980 g/mol. The molecule has 0 aromatic heterocycles. The van der Waals surface area contributed by atoms with Gasteiger partial charge in [-0.15, -0.1) is 0 Å². The van der Waals surface area contributed by atoms with E-state index >= 15 is 0 Å². The van der Waals surface area contributed by atoms with E-state index in [0.717, 1.165) is 0 Å². The van der Waals surface area contributed by atoms with E-state index in [0.29, 0.717) is 65.1 Å². The summed E-state index contributed by atoms with van der Waals surface area (Å²) in [6.07, 6.45) is 0. The van der Waals surface area contributed by atoms with E-state index in [1.54, 1.807) is 0 Å². The van der Waals surface area contributed by atoms with Crippen molar-refractivity contribution >= 4 is 68.2 Å². The number of hydrogen-bond acceptors (Lipinski definition) is 6. The summed E-state index contributed by atoms with van der Waals surface area (Å²) in [6.45, 7) is 53.7. The molecule has 17 aromatic carbocycles. The van der Waals surface area contributed by atoms with E-state index < -0.39 is 0 Å². The highest BCUT2D eigenvalue weighted by Gasteiger charge is 2.42. The van der Waals surface area contributed by atoms with Crippen molar-refractivity contribution in [3.05, 3.63) is 474 Å². The van der Waals surface area contributed by atoms with Crippen molar-refractivity contribution in [2.45, 2.75) is 238 Å². The lowest BCUT2D eigenvalue weighted by molar-refractivity contribution is 0.862. The van der Waals surface area contributed by atoms with Crippen LogP contribution in [0.4, 0.5) is 68.2 Å². The van der Waals surface area contributed by atoms with Crippen molar-refractivity contribution in [2.75, 3.05) is 71.7 Å². The Morgan fingerprint density at radius 1 is 0.127 bits per heavy atom. The van der Waals surface area contributed by atoms with Gasteiger partial charge < -0.3 is 29.4 Å². The maximum Gasteiger partial charge on any atom is 0.0529 e. The molecule has 6 heterocycles. The van der Waals surface area contributed by atoms with E-state index in [2.05, 4.69) is 500 Å². The van der Waals surface area contributed by atoms with Gasteiger partial charge in [0.15, 0.2) is 0 Å². The van der Waals surface area contributed by atoms with Crippen molar-refractivity contribution in [1.82, 2.24) is 0 Å². The Balaban J connectivity index is 0.000000125. The molecule has 0 saturated heterocycles. The molecule has 11 aliphatic rings. The molecule has 6 aliphatic heterocycles. The first-order valence-corrected chi connectivity index (χ1v) is 56.5. The third kappa shape index (κ3) is 18.5. The Kier molecular flexibility index (Phi) is 33.7. The number of nitrogens with zero attached hydrogens (tertiary/aromatic N) is 6. The summed E-state index contributed by atoms with van der Waals surface area (Å²) in [5.74, 6) is 5.01. The molecular formula is C144H162N6. The fraction of sp³-hybridized carbons (Fsp3) is 0.292. The minimum absolute atomic E-state index is 0.417. The summed E-state index contributed by atoms with van der Waals surface area (Å²) in [7, 11) is 13.2. The van der Waals surface area contributed by atoms with Crippen LogP contribution >= 0.6 is 0 Å². The zero-order valence-corrected chi connectivity index (χ0v) is 95.5. The fourth-order valence-electron chi connectivity index (χ4n) is 26.0. The van der Waals surface area contributed by atoms with Gasteiger partial charge in [0.1, 0.15) is 0 Å². The first-order valence-electron chi connectivity index (χ1n) is 56.5. The predicted molar refractivity (Wildman–Crippen MR) is 655 cm³/mol. The average Bonchev–Trinajstić information content (AvgIpc) is 1.53. The van der Waals surface area contributed by atoms with E-state index in [9.17, 15) is 0 Å². The monoisotopic (exact) mass is 1980 g/mol. The molecule has 0 radical (unpaired) electrons. The van der Waals surface area contributed by atoms with Gasteiger partial charge in [-0.25, -0.2) is 0 Å². The number of anilines is 12. The summed E-state index contributed by atoms with van der Waals surface area (Å²) in [4.78, 5) is 14.2. The molecule has 10 atom stereocenters. The Morgan fingerprint density at radius 3 is 0.760 bits per heavy atom. The summed E-state index contributed by atoms with van der Waals surface area (Å²) in [5.41, 5.74) is 62.4. The number of rotatable bonds is 0. The lowest BCUT2D eigenvalue weighted by Crippen LogP contribution is -2.22. The van der Waals surface area contributed by atoms with Gasteiger partial charge in [-0.2, -0.15) is 0 Å². The van der Waals surface area contributed by atoms with Gasteiger partial charge in [0.2, 0.25) is 0 Å². The molecule has 6 nitrogen and oxygen atoms in total. The molecule has 0 bridgehead atoms. The lowest BCUT2D eigenvalue weighted by atomic mass is 9.81. The first kappa shape index (κ1) is 108. The van der Waals surface area contributed by atoms with Gasteiger partial charge >= 0.3 is 0 Å². The lowest BCUT2D eigenvalue weighted by Gasteiger charge is -2.36. The van der Waals surface area contributed by atoms with E-state index in [1.807, 2.05) is 96.9 Å². The zero-order chi connectivity index (χ0) is 107. The largest absolute Gasteiger partial charge is 0.344 e. The molecule has 768 valence electrons. The first-order chi connectivity index (χ1) is 73.2. The minimum Gasteiger partial charge on any atom is -0.344 e. The second kappa shape index (κ2) is 46.8. The van der Waals surface area contributed by atoms with E-state index in [1.165, 1.54) is 246 Å². The van der Waals surface area contributed by atoms with E-state index in [-0.39, 0.29) is 0 Å². The van der Waals surface area contributed by atoms with Crippen molar-refractivity contribution < 1.29 is 0 Å². The van der Waals surface area contributed by atoms with Crippen LogP contribution in [0.2, 0.25) is 0 Å². The topological polar surface area (TPSA) is 19.4 Å². The summed E-state index contributed by atoms with van der Waals surface area (Å²) < 4.78 is 0. The van der Waals surface area contributed by atoms with Crippen LogP contribution in [0.1, 0.15) is 361 Å². The van der Waals surface area contributed by atoms with Crippen LogP contribution < -0.4 is 29.4 Å². The smallest absolute Gasteiger partial charge is 0.0529 e. The molecule has 0 spiro atoms. The molecule has 0 saturated carbocycles. The number of fused-ring (bicyclic) bond motifs is 30. The molecule has 0 amide bonds. The SMILES string of the molecule is CC.CC.CC.CC.CC.CC.CC.CC1c2ccccc2-c2c1ccc1c2C(C)c2ccccc2N1C.CC1c2ccccc2-c2c1ccc1c2N(C)c2ccccc2C1C.CC1c2ccccc2-c2cc3c(cc21)C(C)c1ccccc1N3C.CC1c2ccccc2-c2cc3c(cc21)N(C)c1ccccc1C3C.CC1c2ccccc2N(C)c2c1ccc1c2C(C)c2ccccc2-1.CC1c2ccccc2N(C)c2ccccc21. The Morgan fingerprint density at radius 2 is 0.353 bits per heavy atom. The maximum atomic E-state index is 2.46. The molecule has 0 fully saturated rings. The maximum absolute atomic E-state index is 2.46. The van der Waals surface area contributed by atoms with Gasteiger partial charge in [0.05, 0.1) is 5.69 Å². The van der Waals surface area contributed by atoms with Crippen molar-refractivity contribution in [3.63, 3.8) is 0 Å². The summed E-state index contributed by atoms with van der Waals surface area (Å²) >= 11 is 0. The van der Waals surface area contributed by atoms with Crippen LogP contribution in [-0.4, -0.2) is 42.3 Å². The Labute approximate surface area is 901 Å².